The number of amides is 1. The molecule has 0 atom stereocenters. The number of rotatable bonds is 2. The maximum Gasteiger partial charge on any atom is 0.288 e. The van der Waals surface area contributed by atoms with Gasteiger partial charge >= 0.3 is 0 Å². The third kappa shape index (κ3) is 2.97. The molecule has 0 saturated carbocycles. The fourth-order valence-electron chi connectivity index (χ4n) is 0.842. The van der Waals surface area contributed by atoms with Crippen molar-refractivity contribution in [3.05, 3.63) is 29.3 Å². The quantitative estimate of drug-likeness (QED) is 0.454. The van der Waals surface area contributed by atoms with E-state index in [2.05, 4.69) is 10.5 Å². The summed E-state index contributed by atoms with van der Waals surface area (Å²) in [4.78, 5) is 11.2. The van der Waals surface area contributed by atoms with Crippen LogP contribution in [0.4, 0.5) is 5.69 Å². The molecule has 0 aliphatic heterocycles. The van der Waals surface area contributed by atoms with E-state index in [9.17, 15) is 4.79 Å². The Labute approximate surface area is 90.6 Å². The number of oxime groups is 1. The van der Waals surface area contributed by atoms with Crippen LogP contribution in [0.15, 0.2) is 29.4 Å². The van der Waals surface area contributed by atoms with Gasteiger partial charge in [-0.2, -0.15) is 5.26 Å². The molecule has 0 radical (unpaired) electrons. The van der Waals surface area contributed by atoms with Crippen molar-refractivity contribution in [3.8, 4) is 6.07 Å². The van der Waals surface area contributed by atoms with E-state index in [1.54, 1.807) is 24.3 Å². The van der Waals surface area contributed by atoms with Gasteiger partial charge in [0.1, 0.15) is 6.07 Å². The first-order valence-electron chi connectivity index (χ1n) is 3.86. The van der Waals surface area contributed by atoms with Crippen LogP contribution in [-0.2, 0) is 4.79 Å². The molecule has 0 heterocycles. The Morgan fingerprint density at radius 2 is 2.07 bits per heavy atom. The van der Waals surface area contributed by atoms with Gasteiger partial charge in [0, 0.05) is 10.7 Å². The van der Waals surface area contributed by atoms with Gasteiger partial charge in [-0.05, 0) is 24.3 Å². The molecule has 0 aromatic heterocycles. The number of nitrogens with zero attached hydrogens (tertiary/aromatic N) is 2. The third-order valence-corrected chi connectivity index (χ3v) is 1.78. The molecule has 15 heavy (non-hydrogen) atoms. The first kappa shape index (κ1) is 11.0. The zero-order valence-electron chi connectivity index (χ0n) is 7.44. The van der Waals surface area contributed by atoms with Crippen LogP contribution < -0.4 is 5.32 Å². The Bertz CT molecular complexity index is 434. The molecule has 5 nitrogen and oxygen atoms in total. The standard InChI is InChI=1S/C9H6ClN3O2/c10-6-1-3-7(4-2-6)12-9(14)8(5-11)13-15/h1-4,15H,(H,12,14)/b13-8+. The average Bonchev–Trinajstić information content (AvgIpc) is 2.23. The van der Waals surface area contributed by atoms with Gasteiger partial charge in [0.05, 0.1) is 0 Å². The van der Waals surface area contributed by atoms with Crippen molar-refractivity contribution >= 4 is 28.9 Å². The third-order valence-electron chi connectivity index (χ3n) is 1.52. The molecule has 0 fully saturated rings. The molecule has 1 aromatic carbocycles. The van der Waals surface area contributed by atoms with Gasteiger partial charge in [-0.3, -0.25) is 4.79 Å². The lowest BCUT2D eigenvalue weighted by Gasteiger charge is -2.01. The van der Waals surface area contributed by atoms with E-state index in [-0.39, 0.29) is 0 Å². The largest absolute Gasteiger partial charge is 0.410 e. The molecule has 0 spiro atoms. The minimum absolute atomic E-state index is 0.459. The van der Waals surface area contributed by atoms with Crippen molar-refractivity contribution < 1.29 is 10.0 Å². The Morgan fingerprint density at radius 1 is 1.47 bits per heavy atom. The molecule has 0 aliphatic rings. The molecule has 6 heteroatoms. The molecule has 0 bridgehead atoms. The molecule has 0 aliphatic carbocycles. The number of hydrogen-bond acceptors (Lipinski definition) is 4. The molecule has 0 saturated heterocycles. The molecule has 76 valence electrons. The maximum atomic E-state index is 11.2. The monoisotopic (exact) mass is 223 g/mol. The summed E-state index contributed by atoms with van der Waals surface area (Å²) in [5.74, 6) is -0.776. The normalized spacial score (nSPS) is 10.5. The van der Waals surface area contributed by atoms with E-state index >= 15 is 0 Å². The summed E-state index contributed by atoms with van der Waals surface area (Å²) in [5.41, 5.74) is -0.147. The molecule has 0 unspecified atom stereocenters. The number of hydrogen-bond donors (Lipinski definition) is 2. The summed E-state index contributed by atoms with van der Waals surface area (Å²) in [6, 6.07) is 7.73. The number of benzene rings is 1. The van der Waals surface area contributed by atoms with Crippen LogP contribution in [-0.4, -0.2) is 16.8 Å². The summed E-state index contributed by atoms with van der Waals surface area (Å²) in [7, 11) is 0. The molecular weight excluding hydrogens is 218 g/mol. The molecule has 1 amide bonds. The predicted molar refractivity (Wildman–Crippen MR) is 54.9 cm³/mol. The van der Waals surface area contributed by atoms with Gasteiger partial charge in [0.15, 0.2) is 0 Å². The lowest BCUT2D eigenvalue weighted by atomic mass is 10.3. The van der Waals surface area contributed by atoms with Crippen LogP contribution in [0, 0.1) is 11.3 Å². The fourth-order valence-corrected chi connectivity index (χ4v) is 0.968. The predicted octanol–water partition coefficient (Wildman–Crippen LogP) is 1.63. The zero-order valence-corrected chi connectivity index (χ0v) is 8.19. The van der Waals surface area contributed by atoms with E-state index in [4.69, 9.17) is 22.1 Å². The highest BCUT2D eigenvalue weighted by Crippen LogP contribution is 2.13. The molecule has 2 N–H and O–H groups in total. The van der Waals surface area contributed by atoms with Crippen molar-refractivity contribution in [2.75, 3.05) is 5.32 Å². The van der Waals surface area contributed by atoms with Crippen LogP contribution >= 0.6 is 11.6 Å². The summed E-state index contributed by atoms with van der Waals surface area (Å²) in [6.07, 6.45) is 0. The Hall–Kier alpha value is -2.06. The van der Waals surface area contributed by atoms with Gasteiger partial charge in [0.2, 0.25) is 5.71 Å². The van der Waals surface area contributed by atoms with E-state index in [1.807, 2.05) is 0 Å². The second-order valence-electron chi connectivity index (χ2n) is 2.52. The second kappa shape index (κ2) is 4.98. The van der Waals surface area contributed by atoms with Crippen LogP contribution in [0.2, 0.25) is 5.02 Å². The number of halogens is 1. The topological polar surface area (TPSA) is 85.5 Å². The SMILES string of the molecule is N#C/C(=N\O)C(=O)Nc1ccc(Cl)cc1. The van der Waals surface area contributed by atoms with Crippen LogP contribution in [0.1, 0.15) is 0 Å². The number of nitriles is 1. The smallest absolute Gasteiger partial charge is 0.288 e. The number of carbonyl (C=O) groups excluding carboxylic acids is 1. The van der Waals surface area contributed by atoms with Crippen LogP contribution in [0.5, 0.6) is 0 Å². The van der Waals surface area contributed by atoms with Crippen molar-refractivity contribution in [2.45, 2.75) is 0 Å². The molecule has 1 rings (SSSR count). The van der Waals surface area contributed by atoms with Crippen molar-refractivity contribution in [3.63, 3.8) is 0 Å². The molecule has 1 aromatic rings. The second-order valence-corrected chi connectivity index (χ2v) is 2.96. The van der Waals surface area contributed by atoms with Gasteiger partial charge in [0.25, 0.3) is 5.91 Å². The maximum absolute atomic E-state index is 11.2. The van der Waals surface area contributed by atoms with E-state index in [1.165, 1.54) is 6.07 Å². The van der Waals surface area contributed by atoms with E-state index in [0.29, 0.717) is 10.7 Å². The highest BCUT2D eigenvalue weighted by molar-refractivity contribution is 6.48. The lowest BCUT2D eigenvalue weighted by molar-refractivity contribution is -0.110. The highest BCUT2D eigenvalue weighted by atomic mass is 35.5. The van der Waals surface area contributed by atoms with E-state index in [0.717, 1.165) is 0 Å². The molecular formula is C9H6ClN3O2. The summed E-state index contributed by atoms with van der Waals surface area (Å²) in [5, 5.41) is 22.1. The summed E-state index contributed by atoms with van der Waals surface area (Å²) in [6.45, 7) is 0. The van der Waals surface area contributed by atoms with Gasteiger partial charge in [-0.15, -0.1) is 0 Å². The lowest BCUT2D eigenvalue weighted by Crippen LogP contribution is -2.21. The summed E-state index contributed by atoms with van der Waals surface area (Å²) < 4.78 is 0. The van der Waals surface area contributed by atoms with Gasteiger partial charge < -0.3 is 10.5 Å². The van der Waals surface area contributed by atoms with Crippen LogP contribution in [0.25, 0.3) is 0 Å². The minimum atomic E-state index is -0.776. The Kier molecular flexibility index (Phi) is 3.66. The number of anilines is 1. The first-order chi connectivity index (χ1) is 7.17. The van der Waals surface area contributed by atoms with Crippen molar-refractivity contribution in [2.24, 2.45) is 5.16 Å². The number of carbonyl (C=O) groups is 1. The zero-order chi connectivity index (χ0) is 11.3. The summed E-state index contributed by atoms with van der Waals surface area (Å²) >= 11 is 5.64. The van der Waals surface area contributed by atoms with E-state index < -0.39 is 11.6 Å². The fraction of sp³-hybridized carbons (Fsp3) is 0. The number of nitrogens with one attached hydrogen (secondary N) is 1. The highest BCUT2D eigenvalue weighted by Gasteiger charge is 2.10. The Balaban J connectivity index is 2.76. The van der Waals surface area contributed by atoms with Crippen molar-refractivity contribution in [1.82, 2.24) is 0 Å². The van der Waals surface area contributed by atoms with Gasteiger partial charge in [-0.1, -0.05) is 16.8 Å². The minimum Gasteiger partial charge on any atom is -0.410 e. The Morgan fingerprint density at radius 3 is 2.53 bits per heavy atom. The van der Waals surface area contributed by atoms with Crippen LogP contribution in [0.3, 0.4) is 0 Å². The van der Waals surface area contributed by atoms with Gasteiger partial charge in [-0.25, -0.2) is 0 Å². The average molecular weight is 224 g/mol. The van der Waals surface area contributed by atoms with Crippen molar-refractivity contribution in [1.29, 1.82) is 5.26 Å². The first-order valence-corrected chi connectivity index (χ1v) is 4.24.